The molecule has 130 valence electrons. The first kappa shape index (κ1) is 18.6. The second kappa shape index (κ2) is 7.05. The molecule has 0 aromatic heterocycles. The van der Waals surface area contributed by atoms with E-state index in [-0.39, 0.29) is 10.9 Å². The Morgan fingerprint density at radius 2 is 1.71 bits per heavy atom. The fourth-order valence-electron chi connectivity index (χ4n) is 2.70. The highest BCUT2D eigenvalue weighted by Crippen LogP contribution is 2.24. The maximum absolute atomic E-state index is 11.5. The molecule has 0 fully saturated rings. The van der Waals surface area contributed by atoms with Gasteiger partial charge in [-0.15, -0.1) is 0 Å². The van der Waals surface area contributed by atoms with Crippen LogP contribution in [0.1, 0.15) is 36.6 Å². The highest BCUT2D eigenvalue weighted by molar-refractivity contribution is 7.90. The monoisotopic (exact) mass is 347 g/mol. The minimum Gasteiger partial charge on any atom is -0.384 e. The van der Waals surface area contributed by atoms with Crippen molar-refractivity contribution in [2.75, 3.05) is 12.8 Å². The normalized spacial score (nSPS) is 15.7. The smallest absolute Gasteiger partial charge is 0.175 e. The molecule has 0 bridgehead atoms. The average Bonchev–Trinajstić information content (AvgIpc) is 2.52. The van der Waals surface area contributed by atoms with E-state index in [1.807, 2.05) is 12.1 Å². The standard InChI is InChI=1S/C19H25NO3S/c1-14-7-5-6-8-18(14)15(2)20-13-19(3,21)16-9-11-17(12-10-16)24(4,22)23/h5-12,15,20-21H,13H2,1-4H3/t15-,19+/m0/s1. The SMILES string of the molecule is Cc1ccccc1[C@H](C)NC[C@@](C)(O)c1ccc(S(C)(=O)=O)cc1. The van der Waals surface area contributed by atoms with Crippen LogP contribution in [0.4, 0.5) is 0 Å². The Bertz CT molecular complexity index is 796. The van der Waals surface area contributed by atoms with Gasteiger partial charge in [0.15, 0.2) is 9.84 Å². The summed E-state index contributed by atoms with van der Waals surface area (Å²) in [7, 11) is -3.23. The lowest BCUT2D eigenvalue weighted by Gasteiger charge is -2.27. The topological polar surface area (TPSA) is 66.4 Å². The molecule has 0 saturated carbocycles. The van der Waals surface area contributed by atoms with Crippen LogP contribution < -0.4 is 5.32 Å². The molecule has 0 heterocycles. The van der Waals surface area contributed by atoms with Gasteiger partial charge in [-0.1, -0.05) is 36.4 Å². The van der Waals surface area contributed by atoms with Crippen LogP contribution >= 0.6 is 0 Å². The molecule has 0 radical (unpaired) electrons. The number of hydrogen-bond donors (Lipinski definition) is 2. The molecule has 2 rings (SSSR count). The molecular weight excluding hydrogens is 322 g/mol. The third-order valence-corrected chi connectivity index (χ3v) is 5.44. The van der Waals surface area contributed by atoms with Gasteiger partial charge in [0, 0.05) is 18.8 Å². The number of hydrogen-bond acceptors (Lipinski definition) is 4. The van der Waals surface area contributed by atoms with Gasteiger partial charge in [-0.2, -0.15) is 0 Å². The molecule has 0 unspecified atom stereocenters. The van der Waals surface area contributed by atoms with E-state index in [4.69, 9.17) is 0 Å². The van der Waals surface area contributed by atoms with Crippen LogP contribution in [-0.2, 0) is 15.4 Å². The summed E-state index contributed by atoms with van der Waals surface area (Å²) in [5.74, 6) is 0. The summed E-state index contributed by atoms with van der Waals surface area (Å²) in [6.07, 6.45) is 1.17. The van der Waals surface area contributed by atoms with E-state index in [0.29, 0.717) is 12.1 Å². The van der Waals surface area contributed by atoms with Crippen LogP contribution in [0, 0.1) is 6.92 Å². The van der Waals surface area contributed by atoms with Crippen LogP contribution in [-0.4, -0.2) is 26.3 Å². The summed E-state index contributed by atoms with van der Waals surface area (Å²) in [6, 6.07) is 14.6. The summed E-state index contributed by atoms with van der Waals surface area (Å²) in [4.78, 5) is 0.253. The van der Waals surface area contributed by atoms with Crippen molar-refractivity contribution in [1.29, 1.82) is 0 Å². The number of benzene rings is 2. The quantitative estimate of drug-likeness (QED) is 0.843. The Kier molecular flexibility index (Phi) is 5.48. The van der Waals surface area contributed by atoms with Gasteiger partial charge in [0.1, 0.15) is 0 Å². The first-order chi connectivity index (χ1) is 11.1. The van der Waals surface area contributed by atoms with Gasteiger partial charge in [0.2, 0.25) is 0 Å². The van der Waals surface area contributed by atoms with Crippen LogP contribution in [0.5, 0.6) is 0 Å². The fraction of sp³-hybridized carbons (Fsp3) is 0.368. The second-order valence-electron chi connectivity index (χ2n) is 6.53. The van der Waals surface area contributed by atoms with E-state index < -0.39 is 15.4 Å². The summed E-state index contributed by atoms with van der Waals surface area (Å²) in [5.41, 5.74) is 1.99. The van der Waals surface area contributed by atoms with Crippen LogP contribution in [0.25, 0.3) is 0 Å². The van der Waals surface area contributed by atoms with Crippen LogP contribution in [0.2, 0.25) is 0 Å². The zero-order valence-electron chi connectivity index (χ0n) is 14.6. The van der Waals surface area contributed by atoms with E-state index in [1.165, 1.54) is 29.5 Å². The molecule has 2 N–H and O–H groups in total. The average molecular weight is 347 g/mol. The predicted molar refractivity (Wildman–Crippen MR) is 96.7 cm³/mol. The zero-order chi connectivity index (χ0) is 18.0. The first-order valence-corrected chi connectivity index (χ1v) is 9.82. The second-order valence-corrected chi connectivity index (χ2v) is 8.55. The Labute approximate surface area is 144 Å². The molecule has 2 aromatic rings. The summed E-state index contributed by atoms with van der Waals surface area (Å²) in [5, 5.41) is 14.1. The Morgan fingerprint density at radius 1 is 1.12 bits per heavy atom. The minimum absolute atomic E-state index is 0.105. The number of aryl methyl sites for hydroxylation is 1. The van der Waals surface area contributed by atoms with Gasteiger partial charge >= 0.3 is 0 Å². The first-order valence-electron chi connectivity index (χ1n) is 7.93. The molecule has 0 spiro atoms. The molecular formula is C19H25NO3S. The maximum Gasteiger partial charge on any atom is 0.175 e. The van der Waals surface area contributed by atoms with E-state index in [2.05, 4.69) is 31.3 Å². The summed E-state index contributed by atoms with van der Waals surface area (Å²) in [6.45, 7) is 6.21. The van der Waals surface area contributed by atoms with Crippen molar-refractivity contribution in [3.05, 3.63) is 65.2 Å². The molecule has 0 saturated heterocycles. The lowest BCUT2D eigenvalue weighted by molar-refractivity contribution is 0.0543. The highest BCUT2D eigenvalue weighted by Gasteiger charge is 2.24. The number of nitrogens with one attached hydrogen (secondary N) is 1. The molecule has 5 heteroatoms. The predicted octanol–water partition coefficient (Wildman–Crippen LogP) is 2.96. The van der Waals surface area contributed by atoms with Gasteiger partial charge in [0.25, 0.3) is 0 Å². The summed E-state index contributed by atoms with van der Waals surface area (Å²) < 4.78 is 23.0. The van der Waals surface area contributed by atoms with E-state index >= 15 is 0 Å². The highest BCUT2D eigenvalue weighted by atomic mass is 32.2. The van der Waals surface area contributed by atoms with Crippen LogP contribution in [0.3, 0.4) is 0 Å². The van der Waals surface area contributed by atoms with Gasteiger partial charge in [-0.25, -0.2) is 8.42 Å². The van der Waals surface area contributed by atoms with Crippen molar-refractivity contribution in [3.8, 4) is 0 Å². The van der Waals surface area contributed by atoms with Crippen molar-refractivity contribution in [2.45, 2.75) is 37.3 Å². The third kappa shape index (κ3) is 4.44. The lowest BCUT2D eigenvalue weighted by atomic mass is 9.95. The molecule has 0 aliphatic heterocycles. The minimum atomic E-state index is -3.23. The largest absolute Gasteiger partial charge is 0.384 e. The Hall–Kier alpha value is -1.69. The molecule has 2 aromatic carbocycles. The van der Waals surface area contributed by atoms with Gasteiger partial charge in [-0.3, -0.25) is 0 Å². The summed E-state index contributed by atoms with van der Waals surface area (Å²) >= 11 is 0. The Balaban J connectivity index is 2.09. The third-order valence-electron chi connectivity index (χ3n) is 4.31. The Morgan fingerprint density at radius 3 is 2.25 bits per heavy atom. The van der Waals surface area contributed by atoms with E-state index in [1.54, 1.807) is 19.1 Å². The fourth-order valence-corrected chi connectivity index (χ4v) is 3.33. The van der Waals surface area contributed by atoms with Crippen molar-refractivity contribution in [1.82, 2.24) is 5.32 Å². The molecule has 2 atom stereocenters. The van der Waals surface area contributed by atoms with E-state index in [0.717, 1.165) is 0 Å². The molecule has 0 aliphatic carbocycles. The maximum atomic E-state index is 11.5. The van der Waals surface area contributed by atoms with Gasteiger partial charge in [0.05, 0.1) is 10.5 Å². The van der Waals surface area contributed by atoms with Crippen molar-refractivity contribution >= 4 is 9.84 Å². The molecule has 0 amide bonds. The lowest BCUT2D eigenvalue weighted by Crippen LogP contribution is -2.36. The van der Waals surface area contributed by atoms with Crippen LogP contribution in [0.15, 0.2) is 53.4 Å². The zero-order valence-corrected chi connectivity index (χ0v) is 15.4. The van der Waals surface area contributed by atoms with E-state index in [9.17, 15) is 13.5 Å². The van der Waals surface area contributed by atoms with Gasteiger partial charge < -0.3 is 10.4 Å². The number of rotatable bonds is 6. The van der Waals surface area contributed by atoms with Crippen molar-refractivity contribution in [3.63, 3.8) is 0 Å². The van der Waals surface area contributed by atoms with Crippen molar-refractivity contribution in [2.24, 2.45) is 0 Å². The van der Waals surface area contributed by atoms with Gasteiger partial charge in [-0.05, 0) is 49.6 Å². The number of sulfone groups is 1. The molecule has 24 heavy (non-hydrogen) atoms. The number of aliphatic hydroxyl groups is 1. The van der Waals surface area contributed by atoms with Crippen molar-refractivity contribution < 1.29 is 13.5 Å². The molecule has 4 nitrogen and oxygen atoms in total. The molecule has 0 aliphatic rings.